The van der Waals surface area contributed by atoms with Crippen LogP contribution in [0.15, 0.2) is 6.07 Å². The number of nitrogens with one attached hydrogen (secondary N) is 1. The Morgan fingerprint density at radius 3 is 2.75 bits per heavy atom. The lowest BCUT2D eigenvalue weighted by Gasteiger charge is -2.12. The molecule has 0 amide bonds. The molecule has 20 heavy (non-hydrogen) atoms. The Hall–Kier alpha value is -1.32. The van der Waals surface area contributed by atoms with Crippen LogP contribution in [0, 0.1) is 12.8 Å². The van der Waals surface area contributed by atoms with Gasteiger partial charge >= 0.3 is 0 Å². The van der Waals surface area contributed by atoms with E-state index in [-0.39, 0.29) is 6.10 Å². The van der Waals surface area contributed by atoms with Crippen molar-refractivity contribution < 1.29 is 4.74 Å². The van der Waals surface area contributed by atoms with Crippen molar-refractivity contribution in [2.24, 2.45) is 5.92 Å². The Balaban J connectivity index is 1.77. The van der Waals surface area contributed by atoms with Crippen LogP contribution in [0.5, 0.6) is 5.88 Å². The highest BCUT2D eigenvalue weighted by molar-refractivity contribution is 5.30. The number of hydrogen-bond acceptors (Lipinski definition) is 4. The van der Waals surface area contributed by atoms with Crippen LogP contribution in [-0.4, -0.2) is 22.6 Å². The van der Waals surface area contributed by atoms with E-state index >= 15 is 0 Å². The minimum Gasteiger partial charge on any atom is -0.475 e. The summed E-state index contributed by atoms with van der Waals surface area (Å²) in [5.74, 6) is 2.30. The molecule has 0 bridgehead atoms. The van der Waals surface area contributed by atoms with Crippen molar-refractivity contribution >= 4 is 5.95 Å². The summed E-state index contributed by atoms with van der Waals surface area (Å²) in [6, 6.07) is 1.88. The zero-order chi connectivity index (χ0) is 14.4. The minimum absolute atomic E-state index is 0.138. The molecular weight excluding hydrogens is 250 g/mol. The van der Waals surface area contributed by atoms with E-state index in [1.54, 1.807) is 0 Å². The third-order valence-corrected chi connectivity index (χ3v) is 3.73. The second-order valence-electron chi connectivity index (χ2n) is 6.06. The van der Waals surface area contributed by atoms with Gasteiger partial charge in [-0.3, -0.25) is 0 Å². The van der Waals surface area contributed by atoms with Crippen molar-refractivity contribution in [2.75, 3.05) is 11.9 Å². The fraction of sp³-hybridized carbons (Fsp3) is 0.750. The summed E-state index contributed by atoms with van der Waals surface area (Å²) >= 11 is 0. The first-order valence-electron chi connectivity index (χ1n) is 7.89. The van der Waals surface area contributed by atoms with Crippen molar-refractivity contribution in [3.8, 4) is 5.88 Å². The second kappa shape index (κ2) is 7.46. The van der Waals surface area contributed by atoms with Gasteiger partial charge in [0, 0.05) is 18.3 Å². The molecule has 0 unspecified atom stereocenters. The average molecular weight is 277 g/mol. The van der Waals surface area contributed by atoms with E-state index in [1.807, 2.05) is 26.8 Å². The Bertz CT molecular complexity index is 414. The number of ether oxygens (including phenoxy) is 1. The summed E-state index contributed by atoms with van der Waals surface area (Å²) in [6.07, 6.45) is 8.36. The largest absolute Gasteiger partial charge is 0.475 e. The van der Waals surface area contributed by atoms with Gasteiger partial charge in [-0.1, -0.05) is 25.7 Å². The van der Waals surface area contributed by atoms with Crippen LogP contribution in [-0.2, 0) is 0 Å². The maximum atomic E-state index is 5.63. The van der Waals surface area contributed by atoms with Crippen LogP contribution in [0.25, 0.3) is 0 Å². The molecule has 0 radical (unpaired) electrons. The van der Waals surface area contributed by atoms with Gasteiger partial charge in [0.2, 0.25) is 11.8 Å². The first-order valence-corrected chi connectivity index (χ1v) is 7.89. The van der Waals surface area contributed by atoms with Crippen LogP contribution < -0.4 is 10.1 Å². The molecule has 4 nitrogen and oxygen atoms in total. The Kier molecular flexibility index (Phi) is 5.62. The third kappa shape index (κ3) is 4.99. The molecule has 1 aliphatic carbocycles. The van der Waals surface area contributed by atoms with Crippen LogP contribution in [0.1, 0.15) is 58.1 Å². The molecule has 2 rings (SSSR count). The van der Waals surface area contributed by atoms with E-state index in [1.165, 1.54) is 38.5 Å². The molecule has 112 valence electrons. The first kappa shape index (κ1) is 15.1. The van der Waals surface area contributed by atoms with Crippen LogP contribution in [0.3, 0.4) is 0 Å². The van der Waals surface area contributed by atoms with E-state index < -0.39 is 0 Å². The highest BCUT2D eigenvalue weighted by Crippen LogP contribution is 2.28. The Morgan fingerprint density at radius 1 is 1.30 bits per heavy atom. The van der Waals surface area contributed by atoms with Gasteiger partial charge in [-0.15, -0.1) is 0 Å². The number of hydrogen-bond donors (Lipinski definition) is 1. The number of aryl methyl sites for hydroxylation is 1. The Morgan fingerprint density at radius 2 is 2.05 bits per heavy atom. The van der Waals surface area contributed by atoms with Gasteiger partial charge in [0.25, 0.3) is 0 Å². The van der Waals surface area contributed by atoms with Crippen molar-refractivity contribution in [3.63, 3.8) is 0 Å². The fourth-order valence-electron chi connectivity index (χ4n) is 2.81. The van der Waals surface area contributed by atoms with Gasteiger partial charge in [0.1, 0.15) is 0 Å². The molecule has 1 N–H and O–H groups in total. The monoisotopic (exact) mass is 277 g/mol. The molecular formula is C16H27N3O. The summed E-state index contributed by atoms with van der Waals surface area (Å²) in [5, 5.41) is 3.32. The zero-order valence-corrected chi connectivity index (χ0v) is 13.0. The van der Waals surface area contributed by atoms with Gasteiger partial charge < -0.3 is 10.1 Å². The highest BCUT2D eigenvalue weighted by atomic mass is 16.5. The third-order valence-electron chi connectivity index (χ3n) is 3.73. The molecule has 1 aromatic heterocycles. The van der Waals surface area contributed by atoms with E-state index in [0.29, 0.717) is 11.8 Å². The van der Waals surface area contributed by atoms with E-state index in [4.69, 9.17) is 4.74 Å². The first-order chi connectivity index (χ1) is 9.63. The number of rotatable bonds is 7. The van der Waals surface area contributed by atoms with E-state index in [9.17, 15) is 0 Å². The van der Waals surface area contributed by atoms with Crippen LogP contribution in [0.2, 0.25) is 0 Å². The van der Waals surface area contributed by atoms with Gasteiger partial charge in [-0.2, -0.15) is 4.98 Å². The molecule has 0 aromatic carbocycles. The molecule has 0 saturated heterocycles. The maximum Gasteiger partial charge on any atom is 0.226 e. The van der Waals surface area contributed by atoms with Crippen LogP contribution >= 0.6 is 0 Å². The molecule has 1 heterocycles. The van der Waals surface area contributed by atoms with Crippen molar-refractivity contribution in [2.45, 2.75) is 65.4 Å². The fourth-order valence-corrected chi connectivity index (χ4v) is 2.81. The highest BCUT2D eigenvalue weighted by Gasteiger charge is 2.14. The maximum absolute atomic E-state index is 5.63. The van der Waals surface area contributed by atoms with E-state index in [0.717, 1.165) is 18.2 Å². The molecule has 1 saturated carbocycles. The number of anilines is 1. The lowest BCUT2D eigenvalue weighted by atomic mass is 10.0. The lowest BCUT2D eigenvalue weighted by molar-refractivity contribution is 0.232. The predicted molar refractivity (Wildman–Crippen MR) is 82.2 cm³/mol. The minimum atomic E-state index is 0.138. The standard InChI is InChI=1S/C16H27N3O/c1-12(2)20-15-11-13(3)18-16(19-15)17-10-6-9-14-7-4-5-8-14/h11-12,14H,4-10H2,1-3H3,(H,17,18,19). The molecule has 1 fully saturated rings. The SMILES string of the molecule is Cc1cc(OC(C)C)nc(NCCCC2CCCC2)n1. The summed E-state index contributed by atoms with van der Waals surface area (Å²) in [7, 11) is 0. The molecule has 1 aromatic rings. The van der Waals surface area contributed by atoms with Gasteiger partial charge in [-0.05, 0) is 39.5 Å². The normalized spacial score (nSPS) is 15.8. The zero-order valence-electron chi connectivity index (χ0n) is 13.0. The predicted octanol–water partition coefficient (Wildman–Crippen LogP) is 3.95. The summed E-state index contributed by atoms with van der Waals surface area (Å²) in [6.45, 7) is 6.93. The number of aromatic nitrogens is 2. The van der Waals surface area contributed by atoms with Crippen molar-refractivity contribution in [3.05, 3.63) is 11.8 Å². The summed E-state index contributed by atoms with van der Waals surface area (Å²) in [5.41, 5.74) is 0.939. The average Bonchev–Trinajstić information content (AvgIpc) is 2.86. The van der Waals surface area contributed by atoms with E-state index in [2.05, 4.69) is 15.3 Å². The van der Waals surface area contributed by atoms with Gasteiger partial charge in [0.05, 0.1) is 6.10 Å². The Labute approximate surface area is 122 Å². The smallest absolute Gasteiger partial charge is 0.226 e. The summed E-state index contributed by atoms with van der Waals surface area (Å²) in [4.78, 5) is 8.81. The topological polar surface area (TPSA) is 47.0 Å². The molecule has 4 heteroatoms. The van der Waals surface area contributed by atoms with Crippen LogP contribution in [0.4, 0.5) is 5.95 Å². The molecule has 0 aliphatic heterocycles. The van der Waals surface area contributed by atoms with Crippen molar-refractivity contribution in [1.29, 1.82) is 0 Å². The summed E-state index contributed by atoms with van der Waals surface area (Å²) < 4.78 is 5.63. The molecule has 0 spiro atoms. The quantitative estimate of drug-likeness (QED) is 0.766. The van der Waals surface area contributed by atoms with Gasteiger partial charge in [-0.25, -0.2) is 4.98 Å². The second-order valence-corrected chi connectivity index (χ2v) is 6.06. The van der Waals surface area contributed by atoms with Crippen molar-refractivity contribution in [1.82, 2.24) is 9.97 Å². The molecule has 0 atom stereocenters. The number of nitrogens with zero attached hydrogens (tertiary/aromatic N) is 2. The van der Waals surface area contributed by atoms with Gasteiger partial charge in [0.15, 0.2) is 0 Å². The molecule has 1 aliphatic rings. The lowest BCUT2D eigenvalue weighted by Crippen LogP contribution is -2.11.